The van der Waals surface area contributed by atoms with Crippen molar-refractivity contribution in [2.75, 3.05) is 36.8 Å². The molecule has 1 unspecified atom stereocenters. The number of anilines is 2. The topological polar surface area (TPSA) is 141 Å². The average Bonchev–Trinajstić information content (AvgIpc) is 3.39. The average molecular weight is 660 g/mol. The lowest BCUT2D eigenvalue weighted by atomic mass is 10.0. The van der Waals surface area contributed by atoms with E-state index in [1.807, 2.05) is 0 Å². The molecular formula is C30H28ClF2N5O6S. The van der Waals surface area contributed by atoms with Crippen LogP contribution in [0.25, 0.3) is 22.0 Å². The van der Waals surface area contributed by atoms with E-state index in [1.165, 1.54) is 38.4 Å². The van der Waals surface area contributed by atoms with Gasteiger partial charge in [0.05, 0.1) is 18.4 Å². The standard InChI is InChI=1S/C30H28ClF2N5O6S/c1-15(39)44-24-14-43-29-20(24)11-18(31)12-25(29)45(40,41)38-22-4-3-21(32)26(27(22)33)16-9-17-13-35-30(36-19-5-7-34-8-6-19)37-28(17)23(10-16)42-2/h3-4,9-13,19,24,34,38H,5-8,14H2,1-2H3,(H,35,36,37). The summed E-state index contributed by atoms with van der Waals surface area (Å²) in [7, 11) is -3.12. The van der Waals surface area contributed by atoms with E-state index in [0.717, 1.165) is 44.1 Å². The maximum absolute atomic E-state index is 16.0. The lowest BCUT2D eigenvalue weighted by Gasteiger charge is -2.23. The first kappa shape index (κ1) is 30.7. The second-order valence-electron chi connectivity index (χ2n) is 10.6. The number of hydrogen-bond acceptors (Lipinski definition) is 10. The van der Waals surface area contributed by atoms with E-state index < -0.39 is 49.9 Å². The summed E-state index contributed by atoms with van der Waals surface area (Å²) >= 11 is 6.19. The first-order valence-electron chi connectivity index (χ1n) is 14.0. The number of benzene rings is 3. The molecule has 3 heterocycles. The van der Waals surface area contributed by atoms with Crippen LogP contribution in [0.4, 0.5) is 20.4 Å². The highest BCUT2D eigenvalue weighted by Gasteiger charge is 2.34. The summed E-state index contributed by atoms with van der Waals surface area (Å²) in [6, 6.07) is 7.61. The molecule has 1 atom stereocenters. The number of ether oxygens (including phenoxy) is 3. The van der Waals surface area contributed by atoms with E-state index in [1.54, 1.807) is 0 Å². The second-order valence-corrected chi connectivity index (χ2v) is 12.7. The number of rotatable bonds is 8. The van der Waals surface area contributed by atoms with Gasteiger partial charge in [0.15, 0.2) is 11.9 Å². The largest absolute Gasteiger partial charge is 0.494 e. The lowest BCUT2D eigenvalue weighted by Crippen LogP contribution is -2.35. The van der Waals surface area contributed by atoms with Gasteiger partial charge < -0.3 is 24.8 Å². The third-order valence-corrected chi connectivity index (χ3v) is 9.13. The van der Waals surface area contributed by atoms with E-state index in [2.05, 4.69) is 25.3 Å². The fraction of sp³-hybridized carbons (Fsp3) is 0.300. The Balaban J connectivity index is 1.35. The molecule has 0 radical (unpaired) electrons. The van der Waals surface area contributed by atoms with Gasteiger partial charge in [-0.1, -0.05) is 11.6 Å². The molecule has 6 rings (SSSR count). The predicted octanol–water partition coefficient (Wildman–Crippen LogP) is 5.20. The Morgan fingerprint density at radius 1 is 1.16 bits per heavy atom. The molecule has 0 spiro atoms. The van der Waals surface area contributed by atoms with Crippen LogP contribution in [0, 0.1) is 11.6 Å². The van der Waals surface area contributed by atoms with Crippen LogP contribution >= 0.6 is 11.6 Å². The number of nitrogens with one attached hydrogen (secondary N) is 3. The van der Waals surface area contributed by atoms with Crippen LogP contribution in [0.1, 0.15) is 31.4 Å². The Morgan fingerprint density at radius 3 is 2.67 bits per heavy atom. The molecule has 15 heteroatoms. The third kappa shape index (κ3) is 6.17. The molecule has 0 aliphatic carbocycles. The molecule has 4 aromatic rings. The maximum Gasteiger partial charge on any atom is 0.303 e. The molecule has 0 amide bonds. The summed E-state index contributed by atoms with van der Waals surface area (Å²) in [5.74, 6) is -2.12. The van der Waals surface area contributed by atoms with Crippen molar-refractivity contribution < 1.29 is 36.2 Å². The summed E-state index contributed by atoms with van der Waals surface area (Å²) in [6.45, 7) is 2.85. The number of halogens is 3. The molecular weight excluding hydrogens is 632 g/mol. The van der Waals surface area contributed by atoms with Crippen LogP contribution in [0.3, 0.4) is 0 Å². The van der Waals surface area contributed by atoms with Crippen molar-refractivity contribution in [3.8, 4) is 22.6 Å². The van der Waals surface area contributed by atoms with Gasteiger partial charge in [-0.25, -0.2) is 27.2 Å². The fourth-order valence-corrected chi connectivity index (χ4v) is 7.01. The van der Waals surface area contributed by atoms with Gasteiger partial charge in [-0.3, -0.25) is 9.52 Å². The molecule has 2 aliphatic rings. The minimum Gasteiger partial charge on any atom is -0.494 e. The Bertz CT molecular complexity index is 1920. The second kappa shape index (κ2) is 12.3. The SMILES string of the molecule is COc1cc(-c2c(F)ccc(NS(=O)(=O)c3cc(Cl)cc4c3OCC4OC(C)=O)c2F)cc2cnc(NC3CCNCC3)nc12. The molecule has 236 valence electrons. The molecule has 0 saturated carbocycles. The van der Waals surface area contributed by atoms with Gasteiger partial charge in [-0.2, -0.15) is 0 Å². The molecule has 11 nitrogen and oxygen atoms in total. The van der Waals surface area contributed by atoms with Crippen molar-refractivity contribution in [3.63, 3.8) is 0 Å². The highest BCUT2D eigenvalue weighted by atomic mass is 35.5. The first-order valence-corrected chi connectivity index (χ1v) is 15.9. The minimum absolute atomic E-state index is 0.0247. The summed E-state index contributed by atoms with van der Waals surface area (Å²) in [5.41, 5.74) is -0.249. The number of esters is 1. The lowest BCUT2D eigenvalue weighted by molar-refractivity contribution is -0.147. The summed E-state index contributed by atoms with van der Waals surface area (Å²) in [5, 5.41) is 7.10. The zero-order valence-electron chi connectivity index (χ0n) is 24.1. The summed E-state index contributed by atoms with van der Waals surface area (Å²) in [4.78, 5) is 20.1. The molecule has 3 N–H and O–H groups in total. The Kier molecular flexibility index (Phi) is 8.37. The van der Waals surface area contributed by atoms with Gasteiger partial charge in [0.25, 0.3) is 10.0 Å². The van der Waals surface area contributed by atoms with Gasteiger partial charge in [0, 0.05) is 35.1 Å². The molecule has 45 heavy (non-hydrogen) atoms. The molecule has 1 fully saturated rings. The van der Waals surface area contributed by atoms with E-state index in [4.69, 9.17) is 25.8 Å². The van der Waals surface area contributed by atoms with Crippen LogP contribution in [0.15, 0.2) is 47.5 Å². The van der Waals surface area contributed by atoms with Crippen molar-refractivity contribution in [1.82, 2.24) is 15.3 Å². The number of hydrogen-bond donors (Lipinski definition) is 3. The number of sulfonamides is 1. The molecule has 1 saturated heterocycles. The third-order valence-electron chi connectivity index (χ3n) is 7.54. The van der Waals surface area contributed by atoms with E-state index in [-0.39, 0.29) is 40.3 Å². The van der Waals surface area contributed by atoms with Crippen LogP contribution < -0.4 is 24.8 Å². The van der Waals surface area contributed by atoms with Crippen molar-refractivity contribution in [3.05, 3.63) is 64.8 Å². The van der Waals surface area contributed by atoms with Gasteiger partial charge in [0.2, 0.25) is 5.95 Å². The Morgan fingerprint density at radius 2 is 1.93 bits per heavy atom. The number of piperidine rings is 1. The minimum atomic E-state index is -4.53. The molecule has 1 aromatic heterocycles. The van der Waals surface area contributed by atoms with Crippen LogP contribution in [-0.4, -0.2) is 57.2 Å². The fourth-order valence-electron chi connectivity index (χ4n) is 5.46. The monoisotopic (exact) mass is 659 g/mol. The molecule has 2 aliphatic heterocycles. The number of carbonyl (C=O) groups is 1. The van der Waals surface area contributed by atoms with Gasteiger partial charge in [-0.15, -0.1) is 0 Å². The predicted molar refractivity (Wildman–Crippen MR) is 163 cm³/mol. The smallest absolute Gasteiger partial charge is 0.303 e. The zero-order valence-corrected chi connectivity index (χ0v) is 25.7. The quantitative estimate of drug-likeness (QED) is 0.216. The molecule has 0 bridgehead atoms. The normalized spacial score (nSPS) is 16.6. The van der Waals surface area contributed by atoms with Crippen LogP contribution in [-0.2, 0) is 19.6 Å². The summed E-state index contributed by atoms with van der Waals surface area (Å²) < 4.78 is 76.7. The van der Waals surface area contributed by atoms with Crippen LogP contribution in [0.2, 0.25) is 5.02 Å². The van der Waals surface area contributed by atoms with E-state index in [0.29, 0.717) is 16.9 Å². The zero-order chi connectivity index (χ0) is 31.9. The van der Waals surface area contributed by atoms with Crippen molar-refractivity contribution in [2.24, 2.45) is 0 Å². The van der Waals surface area contributed by atoms with Crippen LogP contribution in [0.5, 0.6) is 11.5 Å². The van der Waals surface area contributed by atoms with E-state index in [9.17, 15) is 13.2 Å². The Labute approximate surface area is 262 Å². The maximum atomic E-state index is 16.0. The first-order chi connectivity index (χ1) is 21.5. The van der Waals surface area contributed by atoms with E-state index >= 15 is 8.78 Å². The number of aromatic nitrogens is 2. The summed E-state index contributed by atoms with van der Waals surface area (Å²) in [6.07, 6.45) is 2.49. The number of nitrogens with zero attached hydrogens (tertiary/aromatic N) is 2. The van der Waals surface area contributed by atoms with Gasteiger partial charge in [-0.05, 0) is 67.9 Å². The Hall–Kier alpha value is -4.27. The highest BCUT2D eigenvalue weighted by Crippen LogP contribution is 2.43. The van der Waals surface area contributed by atoms with Crippen molar-refractivity contribution >= 4 is 50.1 Å². The number of carbonyl (C=O) groups excluding carboxylic acids is 1. The number of methoxy groups -OCH3 is 1. The highest BCUT2D eigenvalue weighted by molar-refractivity contribution is 7.92. The van der Waals surface area contributed by atoms with Gasteiger partial charge >= 0.3 is 5.97 Å². The van der Waals surface area contributed by atoms with Crippen molar-refractivity contribution in [2.45, 2.75) is 36.8 Å². The molecule has 3 aromatic carbocycles. The number of fused-ring (bicyclic) bond motifs is 2. The van der Waals surface area contributed by atoms with Gasteiger partial charge in [0.1, 0.15) is 34.3 Å². The van der Waals surface area contributed by atoms with Crippen molar-refractivity contribution in [1.29, 1.82) is 0 Å².